The maximum absolute atomic E-state index is 13.2. The fourth-order valence-corrected chi connectivity index (χ4v) is 5.06. The summed E-state index contributed by atoms with van der Waals surface area (Å²) in [7, 11) is 1.60. The number of methoxy groups -OCH3 is 1. The third-order valence-corrected chi connectivity index (χ3v) is 6.12. The van der Waals surface area contributed by atoms with Crippen molar-refractivity contribution in [3.63, 3.8) is 0 Å². The molecule has 7 heteroatoms. The van der Waals surface area contributed by atoms with E-state index >= 15 is 0 Å². The maximum atomic E-state index is 13.2. The van der Waals surface area contributed by atoms with E-state index in [0.717, 1.165) is 17.0 Å². The van der Waals surface area contributed by atoms with Gasteiger partial charge in [-0.05, 0) is 54.2 Å². The van der Waals surface area contributed by atoms with E-state index in [4.69, 9.17) is 17.0 Å². The molecule has 0 aromatic heterocycles. The summed E-state index contributed by atoms with van der Waals surface area (Å²) >= 11 is 7.27. The Hall–Kier alpha value is -2.12. The highest BCUT2D eigenvalue weighted by atomic mass is 32.2. The van der Waals surface area contributed by atoms with Gasteiger partial charge in [-0.2, -0.15) is 0 Å². The molecule has 2 fully saturated rings. The molecule has 2 atom stereocenters. The molecule has 2 aliphatic rings. The first-order chi connectivity index (χ1) is 12.1. The Morgan fingerprint density at radius 2 is 1.84 bits per heavy atom. The van der Waals surface area contributed by atoms with Gasteiger partial charge >= 0.3 is 0 Å². The van der Waals surface area contributed by atoms with Crippen LogP contribution in [-0.4, -0.2) is 34.8 Å². The van der Waals surface area contributed by atoms with Gasteiger partial charge in [0, 0.05) is 5.75 Å². The standard InChI is InChI=1S/C18H15FN2O2S2/c1-23-14-8-6-13(7-9-14)20-16(22)15-10-25-17(21(15)18(20)24)11-2-4-12(19)5-3-11/h2-9,15,17H,10H2,1H3/t15-,17?/m0/s1. The molecule has 2 heterocycles. The van der Waals surface area contributed by atoms with Crippen LogP contribution in [0.4, 0.5) is 10.1 Å². The number of hydrogen-bond donors (Lipinski definition) is 0. The summed E-state index contributed by atoms with van der Waals surface area (Å²) in [6.07, 6.45) is 0. The zero-order valence-corrected chi connectivity index (χ0v) is 15.0. The number of rotatable bonds is 3. The van der Waals surface area contributed by atoms with Gasteiger partial charge in [-0.3, -0.25) is 9.69 Å². The smallest absolute Gasteiger partial charge is 0.257 e. The van der Waals surface area contributed by atoms with E-state index in [1.54, 1.807) is 48.0 Å². The number of ether oxygens (including phenoxy) is 1. The molecule has 2 aliphatic heterocycles. The van der Waals surface area contributed by atoms with Crippen molar-refractivity contribution in [1.29, 1.82) is 0 Å². The lowest BCUT2D eigenvalue weighted by Gasteiger charge is -2.25. The molecule has 2 saturated heterocycles. The molecule has 0 bridgehead atoms. The van der Waals surface area contributed by atoms with Crippen molar-refractivity contribution in [1.82, 2.24) is 4.90 Å². The van der Waals surface area contributed by atoms with Gasteiger partial charge in [0.1, 0.15) is 23.0 Å². The second-order valence-corrected chi connectivity index (χ2v) is 7.29. The van der Waals surface area contributed by atoms with Gasteiger partial charge in [-0.1, -0.05) is 12.1 Å². The number of carbonyl (C=O) groups is 1. The highest BCUT2D eigenvalue weighted by Gasteiger charge is 2.50. The van der Waals surface area contributed by atoms with E-state index in [1.165, 1.54) is 12.1 Å². The van der Waals surface area contributed by atoms with Crippen molar-refractivity contribution in [2.24, 2.45) is 0 Å². The summed E-state index contributed by atoms with van der Waals surface area (Å²) in [5.41, 5.74) is 1.67. The fraction of sp³-hybridized carbons (Fsp3) is 0.222. The number of amides is 1. The first-order valence-corrected chi connectivity index (χ1v) is 9.23. The van der Waals surface area contributed by atoms with E-state index in [1.807, 2.05) is 17.0 Å². The summed E-state index contributed by atoms with van der Waals surface area (Å²) in [5, 5.41) is 0.407. The summed E-state index contributed by atoms with van der Waals surface area (Å²) in [6, 6.07) is 13.3. The maximum Gasteiger partial charge on any atom is 0.257 e. The molecule has 4 nitrogen and oxygen atoms in total. The van der Waals surface area contributed by atoms with Crippen LogP contribution in [-0.2, 0) is 4.79 Å². The Bertz CT molecular complexity index is 826. The average Bonchev–Trinajstić information content (AvgIpc) is 3.17. The topological polar surface area (TPSA) is 32.8 Å². The first kappa shape index (κ1) is 16.4. The van der Waals surface area contributed by atoms with Crippen molar-refractivity contribution >= 4 is 40.7 Å². The lowest BCUT2D eigenvalue weighted by Crippen LogP contribution is -2.33. The lowest BCUT2D eigenvalue weighted by atomic mass is 10.2. The molecule has 0 spiro atoms. The second kappa shape index (κ2) is 6.31. The minimum Gasteiger partial charge on any atom is -0.497 e. The molecule has 2 aromatic rings. The highest BCUT2D eigenvalue weighted by molar-refractivity contribution is 7.99. The van der Waals surface area contributed by atoms with Crippen molar-refractivity contribution in [2.45, 2.75) is 11.4 Å². The minimum absolute atomic E-state index is 0.0210. The van der Waals surface area contributed by atoms with E-state index in [2.05, 4.69) is 0 Å². The van der Waals surface area contributed by atoms with Crippen molar-refractivity contribution in [3.05, 3.63) is 59.9 Å². The van der Waals surface area contributed by atoms with Crippen LogP contribution in [0, 0.1) is 5.82 Å². The zero-order chi connectivity index (χ0) is 17.6. The largest absolute Gasteiger partial charge is 0.497 e. The predicted molar refractivity (Wildman–Crippen MR) is 100 cm³/mol. The average molecular weight is 374 g/mol. The van der Waals surface area contributed by atoms with Gasteiger partial charge in [0.25, 0.3) is 5.91 Å². The molecule has 1 amide bonds. The first-order valence-electron chi connectivity index (χ1n) is 7.77. The predicted octanol–water partition coefficient (Wildman–Crippen LogP) is 3.58. The van der Waals surface area contributed by atoms with E-state index in [9.17, 15) is 9.18 Å². The Labute approximate surface area is 154 Å². The number of thioether (sulfide) groups is 1. The van der Waals surface area contributed by atoms with Crippen LogP contribution in [0.2, 0.25) is 0 Å². The third-order valence-electron chi connectivity index (χ3n) is 4.40. The molecule has 128 valence electrons. The van der Waals surface area contributed by atoms with Crippen LogP contribution in [0.15, 0.2) is 48.5 Å². The van der Waals surface area contributed by atoms with Crippen LogP contribution in [0.5, 0.6) is 5.75 Å². The van der Waals surface area contributed by atoms with Crippen molar-refractivity contribution in [3.8, 4) is 5.75 Å². The number of benzene rings is 2. The Balaban J connectivity index is 1.65. The van der Waals surface area contributed by atoms with Crippen LogP contribution in [0.25, 0.3) is 0 Å². The molecule has 0 saturated carbocycles. The van der Waals surface area contributed by atoms with Crippen LogP contribution in [0.3, 0.4) is 0 Å². The zero-order valence-electron chi connectivity index (χ0n) is 13.4. The van der Waals surface area contributed by atoms with Crippen molar-refractivity contribution in [2.75, 3.05) is 17.8 Å². The Morgan fingerprint density at radius 3 is 2.48 bits per heavy atom. The van der Waals surface area contributed by atoms with Gasteiger partial charge in [0.05, 0.1) is 12.8 Å². The number of fused-ring (bicyclic) bond motifs is 1. The third kappa shape index (κ3) is 2.67. The SMILES string of the molecule is COc1ccc(N2C(=O)[C@@H]3CSC(c4ccc(F)cc4)N3C2=S)cc1. The quantitative estimate of drug-likeness (QED) is 0.767. The summed E-state index contributed by atoms with van der Waals surface area (Å²) in [6.45, 7) is 0. The van der Waals surface area contributed by atoms with Crippen LogP contribution >= 0.6 is 24.0 Å². The monoisotopic (exact) mass is 374 g/mol. The van der Waals surface area contributed by atoms with E-state index in [-0.39, 0.29) is 23.1 Å². The van der Waals surface area contributed by atoms with Crippen LogP contribution in [0.1, 0.15) is 10.9 Å². The fourth-order valence-electron chi connectivity index (χ4n) is 3.14. The number of anilines is 1. The number of hydrogen-bond acceptors (Lipinski definition) is 4. The molecule has 0 N–H and O–H groups in total. The molecule has 25 heavy (non-hydrogen) atoms. The molecule has 2 aromatic carbocycles. The summed E-state index contributed by atoms with van der Waals surface area (Å²) < 4.78 is 18.4. The number of halogens is 1. The molecular formula is C18H15FN2O2S2. The highest BCUT2D eigenvalue weighted by Crippen LogP contribution is 2.46. The van der Waals surface area contributed by atoms with Gasteiger partial charge < -0.3 is 9.64 Å². The molecular weight excluding hydrogens is 359 g/mol. The van der Waals surface area contributed by atoms with E-state index < -0.39 is 0 Å². The Morgan fingerprint density at radius 1 is 1.16 bits per heavy atom. The number of carbonyl (C=O) groups excluding carboxylic acids is 1. The summed E-state index contributed by atoms with van der Waals surface area (Å²) in [4.78, 5) is 16.4. The normalized spacial score (nSPS) is 22.5. The van der Waals surface area contributed by atoms with Gasteiger partial charge in [0.2, 0.25) is 0 Å². The van der Waals surface area contributed by atoms with Crippen molar-refractivity contribution < 1.29 is 13.9 Å². The number of thiocarbonyl (C=S) groups is 1. The van der Waals surface area contributed by atoms with Crippen LogP contribution < -0.4 is 9.64 Å². The van der Waals surface area contributed by atoms with Gasteiger partial charge in [-0.25, -0.2) is 4.39 Å². The molecule has 4 rings (SSSR count). The molecule has 0 aliphatic carbocycles. The van der Waals surface area contributed by atoms with Gasteiger partial charge in [0.15, 0.2) is 5.11 Å². The molecule has 0 radical (unpaired) electrons. The summed E-state index contributed by atoms with van der Waals surface area (Å²) in [5.74, 6) is 1.09. The Kier molecular flexibility index (Phi) is 4.13. The van der Waals surface area contributed by atoms with Gasteiger partial charge in [-0.15, -0.1) is 11.8 Å². The second-order valence-electron chi connectivity index (χ2n) is 5.81. The lowest BCUT2D eigenvalue weighted by molar-refractivity contribution is -0.119. The molecule has 1 unspecified atom stereocenters. The van der Waals surface area contributed by atoms with E-state index in [0.29, 0.717) is 10.9 Å². The minimum atomic E-state index is -0.283. The number of nitrogens with zero attached hydrogens (tertiary/aromatic N) is 2.